The van der Waals surface area contributed by atoms with Crippen LogP contribution in [0.5, 0.6) is 0 Å². The van der Waals surface area contributed by atoms with E-state index in [1.54, 1.807) is 0 Å². The van der Waals surface area contributed by atoms with Gasteiger partial charge < -0.3 is 25.6 Å². The number of halogens is 4. The summed E-state index contributed by atoms with van der Waals surface area (Å²) < 4.78 is 42.8. The third-order valence-electron chi connectivity index (χ3n) is 6.05. The van der Waals surface area contributed by atoms with Crippen molar-refractivity contribution in [2.45, 2.75) is 18.8 Å². The molecular weight excluding hydrogens is 527 g/mol. The van der Waals surface area contributed by atoms with Crippen molar-refractivity contribution >= 4 is 29.1 Å². The first-order chi connectivity index (χ1) is 18.0. The number of benzene rings is 1. The molecule has 0 saturated carbocycles. The van der Waals surface area contributed by atoms with Crippen LogP contribution in [0, 0.1) is 18.3 Å². The molecule has 1 aliphatic heterocycles. The molecule has 1 aliphatic rings. The predicted molar refractivity (Wildman–Crippen MR) is 132 cm³/mol. The second kappa shape index (κ2) is 10.9. The highest BCUT2D eigenvalue weighted by Crippen LogP contribution is 2.36. The number of alkyl halides is 3. The van der Waals surface area contributed by atoms with E-state index >= 15 is 0 Å². The summed E-state index contributed by atoms with van der Waals surface area (Å²) in [5.41, 5.74) is -0.996. The number of aliphatic hydroxyl groups excluding tert-OH is 1. The number of aliphatic hydroxyl groups is 1. The maximum absolute atomic E-state index is 13.6. The van der Waals surface area contributed by atoms with Gasteiger partial charge in [-0.05, 0) is 18.2 Å². The molecule has 14 heteroatoms. The fourth-order valence-corrected chi connectivity index (χ4v) is 4.34. The van der Waals surface area contributed by atoms with Crippen LogP contribution < -0.4 is 16.0 Å². The van der Waals surface area contributed by atoms with Gasteiger partial charge in [-0.1, -0.05) is 17.5 Å². The van der Waals surface area contributed by atoms with Crippen LogP contribution in [0.15, 0.2) is 30.6 Å². The van der Waals surface area contributed by atoms with Gasteiger partial charge in [0, 0.05) is 44.5 Å². The molecule has 200 valence electrons. The van der Waals surface area contributed by atoms with Crippen molar-refractivity contribution < 1.29 is 27.9 Å². The highest BCUT2D eigenvalue weighted by Gasteiger charge is 2.38. The molecule has 2 aromatic heterocycles. The van der Waals surface area contributed by atoms with E-state index in [0.717, 1.165) is 17.1 Å². The van der Waals surface area contributed by atoms with E-state index in [1.165, 1.54) is 29.8 Å². The van der Waals surface area contributed by atoms with Crippen LogP contribution in [0.25, 0.3) is 11.3 Å². The number of hydrogen-bond donors (Lipinski definition) is 4. The lowest BCUT2D eigenvalue weighted by atomic mass is 10.1. The monoisotopic (exact) mass is 549 g/mol. The van der Waals surface area contributed by atoms with Gasteiger partial charge in [0.2, 0.25) is 0 Å². The summed E-state index contributed by atoms with van der Waals surface area (Å²) in [6.45, 7) is 1.15. The fraction of sp³-hybridized carbons (Fsp3) is 0.333. The first-order valence-electron chi connectivity index (χ1n) is 11.4. The zero-order valence-corrected chi connectivity index (χ0v) is 20.8. The Hall–Kier alpha value is -3.86. The number of nitrogens with one attached hydrogen (secondary N) is 3. The third kappa shape index (κ3) is 5.67. The van der Waals surface area contributed by atoms with E-state index in [9.17, 15) is 27.9 Å². The Kier molecular flexibility index (Phi) is 7.77. The number of terminal acetylenes is 1. The number of aromatic nitrogens is 4. The summed E-state index contributed by atoms with van der Waals surface area (Å²) in [5.74, 6) is 0.800. The Morgan fingerprint density at radius 1 is 1.32 bits per heavy atom. The van der Waals surface area contributed by atoms with Crippen molar-refractivity contribution in [3.05, 3.63) is 52.7 Å². The molecule has 3 heterocycles. The molecule has 0 spiro atoms. The minimum atomic E-state index is -4.75. The van der Waals surface area contributed by atoms with Crippen LogP contribution in [0.2, 0.25) is 5.02 Å². The summed E-state index contributed by atoms with van der Waals surface area (Å²) >= 11 is 6.26. The molecule has 0 aliphatic carbocycles. The number of imidazole rings is 1. The number of carbonyl (C=O) groups is 2. The van der Waals surface area contributed by atoms with Crippen LogP contribution in [-0.2, 0) is 19.8 Å². The molecule has 10 nitrogen and oxygen atoms in total. The number of carbonyl (C=O) groups excluding carboxylic acids is 2. The summed E-state index contributed by atoms with van der Waals surface area (Å²) in [7, 11) is 1.40. The van der Waals surface area contributed by atoms with Crippen molar-refractivity contribution in [3.63, 3.8) is 0 Å². The summed E-state index contributed by atoms with van der Waals surface area (Å²) in [4.78, 5) is 29.4. The highest BCUT2D eigenvalue weighted by molar-refractivity contribution is 6.34. The smallest absolute Gasteiger partial charge is 0.391 e. The summed E-state index contributed by atoms with van der Waals surface area (Å²) in [6, 6.07) is 4.26. The molecule has 1 fully saturated rings. The molecule has 38 heavy (non-hydrogen) atoms. The van der Waals surface area contributed by atoms with Gasteiger partial charge in [0.05, 0.1) is 34.1 Å². The zero-order chi connectivity index (χ0) is 27.6. The number of anilines is 1. The molecular formula is C24H23ClF3N7O3. The van der Waals surface area contributed by atoms with E-state index < -0.39 is 29.8 Å². The number of β-amino-alcohol motifs (C(OH)–C–C–N with tert-alkyl or cyclic N) is 1. The Bertz CT molecular complexity index is 1410. The average Bonchev–Trinajstić information content (AvgIpc) is 3.55. The quantitative estimate of drug-likeness (QED) is 0.335. The first kappa shape index (κ1) is 27.2. The molecule has 3 aromatic rings. The van der Waals surface area contributed by atoms with Gasteiger partial charge in [-0.2, -0.15) is 18.3 Å². The van der Waals surface area contributed by atoms with Gasteiger partial charge in [-0.25, -0.2) is 4.98 Å². The molecule has 2 amide bonds. The van der Waals surface area contributed by atoms with Crippen LogP contribution in [0.3, 0.4) is 0 Å². The van der Waals surface area contributed by atoms with E-state index in [-0.39, 0.29) is 52.4 Å². The largest absolute Gasteiger partial charge is 0.435 e. The topological polar surface area (TPSA) is 126 Å². The first-order valence-corrected chi connectivity index (χ1v) is 11.8. The van der Waals surface area contributed by atoms with Crippen LogP contribution in [-0.4, -0.2) is 62.0 Å². The Balaban J connectivity index is 1.48. The van der Waals surface area contributed by atoms with Crippen molar-refractivity contribution in [2.75, 3.05) is 25.0 Å². The Labute approximate surface area is 220 Å². The standard InChI is InChI=1S/C24H23ClF3N7O3/c1-3-6-35-12-16(20(33-35)24(26,27)28)18-10-30-21(34(18)2)23(38)32-14-4-5-15(17(25)7-14)22(37)31-9-13-8-29-11-19(13)36/h1,4-5,7,10,12-13,19,29,36H,6,8-9,11H2,2H3,(H,31,37)(H,32,38)/t13-,19-/m0/s1. The van der Waals surface area contributed by atoms with Gasteiger partial charge in [0.1, 0.15) is 6.54 Å². The van der Waals surface area contributed by atoms with Crippen molar-refractivity contribution in [3.8, 4) is 23.6 Å². The molecule has 1 saturated heterocycles. The lowest BCUT2D eigenvalue weighted by molar-refractivity contribution is -0.141. The molecule has 4 N–H and O–H groups in total. The molecule has 4 rings (SSSR count). The maximum atomic E-state index is 13.6. The molecule has 1 aromatic carbocycles. The number of rotatable bonds is 7. The Morgan fingerprint density at radius 3 is 2.71 bits per heavy atom. The fourth-order valence-electron chi connectivity index (χ4n) is 4.07. The van der Waals surface area contributed by atoms with Crippen LogP contribution >= 0.6 is 11.6 Å². The van der Waals surface area contributed by atoms with Gasteiger partial charge in [0.15, 0.2) is 11.5 Å². The molecule has 0 bridgehead atoms. The molecule has 0 radical (unpaired) electrons. The van der Waals surface area contributed by atoms with Crippen molar-refractivity contribution in [1.29, 1.82) is 0 Å². The lowest BCUT2D eigenvalue weighted by Crippen LogP contribution is -2.34. The molecule has 2 atom stereocenters. The number of hydrogen-bond acceptors (Lipinski definition) is 6. The minimum absolute atomic E-state index is 0.0124. The average molecular weight is 550 g/mol. The van der Waals surface area contributed by atoms with E-state index in [0.29, 0.717) is 13.1 Å². The second-order valence-electron chi connectivity index (χ2n) is 8.66. The maximum Gasteiger partial charge on any atom is 0.435 e. The van der Waals surface area contributed by atoms with Gasteiger partial charge in [0.25, 0.3) is 11.8 Å². The number of amides is 2. The zero-order valence-electron chi connectivity index (χ0n) is 20.0. The summed E-state index contributed by atoms with van der Waals surface area (Å²) in [5, 5.41) is 21.8. The van der Waals surface area contributed by atoms with Gasteiger partial charge in [-0.3, -0.25) is 14.3 Å². The molecule has 0 unspecified atom stereocenters. The lowest BCUT2D eigenvalue weighted by Gasteiger charge is -2.15. The second-order valence-corrected chi connectivity index (χ2v) is 9.07. The van der Waals surface area contributed by atoms with Crippen LogP contribution in [0.1, 0.15) is 26.7 Å². The number of nitrogens with zero attached hydrogens (tertiary/aromatic N) is 4. The van der Waals surface area contributed by atoms with Crippen molar-refractivity contribution in [1.82, 2.24) is 30.0 Å². The van der Waals surface area contributed by atoms with Gasteiger partial charge >= 0.3 is 6.18 Å². The van der Waals surface area contributed by atoms with E-state index in [2.05, 4.69) is 32.0 Å². The van der Waals surface area contributed by atoms with Crippen LogP contribution in [0.4, 0.5) is 18.9 Å². The third-order valence-corrected chi connectivity index (χ3v) is 6.36. The highest BCUT2D eigenvalue weighted by atomic mass is 35.5. The van der Waals surface area contributed by atoms with Crippen molar-refractivity contribution in [2.24, 2.45) is 13.0 Å². The van der Waals surface area contributed by atoms with Gasteiger partial charge in [-0.15, -0.1) is 6.42 Å². The predicted octanol–water partition coefficient (Wildman–Crippen LogP) is 2.15. The summed E-state index contributed by atoms with van der Waals surface area (Å²) in [6.07, 6.45) is 2.18. The normalized spacial score (nSPS) is 17.3. The van der Waals surface area contributed by atoms with E-state index in [1.807, 2.05) is 0 Å². The minimum Gasteiger partial charge on any atom is -0.391 e. The SMILES string of the molecule is C#CCn1cc(-c2cnc(C(=O)Nc3ccc(C(=O)NC[C@@H]4CNC[C@@H]4O)c(Cl)c3)n2C)c(C(F)(F)F)n1. The Morgan fingerprint density at radius 2 is 2.08 bits per heavy atom. The van der Waals surface area contributed by atoms with E-state index in [4.69, 9.17) is 18.0 Å².